The van der Waals surface area contributed by atoms with Gasteiger partial charge in [-0.05, 0) is 36.6 Å². The van der Waals surface area contributed by atoms with Crippen LogP contribution in [0.3, 0.4) is 0 Å². The molecule has 0 aromatic heterocycles. The van der Waals surface area contributed by atoms with Crippen molar-refractivity contribution in [1.82, 2.24) is 0 Å². The van der Waals surface area contributed by atoms with E-state index in [1.165, 1.54) is 12.1 Å². The molecule has 0 radical (unpaired) electrons. The Labute approximate surface area is 108 Å². The first kappa shape index (κ1) is 14.9. The minimum Gasteiger partial charge on any atom is -0.493 e. The van der Waals surface area contributed by atoms with Crippen molar-refractivity contribution >= 4 is 0 Å². The smallest absolute Gasteiger partial charge is 0.123 e. The van der Waals surface area contributed by atoms with Crippen molar-refractivity contribution in [2.75, 3.05) is 20.3 Å². The molecule has 1 aromatic carbocycles. The quantitative estimate of drug-likeness (QED) is 0.726. The summed E-state index contributed by atoms with van der Waals surface area (Å²) in [5, 5.41) is 0. The highest BCUT2D eigenvalue weighted by atomic mass is 19.1. The molecule has 1 rings (SSSR count). The average Bonchev–Trinajstić information content (AvgIpc) is 2.36. The van der Waals surface area contributed by atoms with E-state index in [2.05, 4.69) is 0 Å². The van der Waals surface area contributed by atoms with E-state index in [1.54, 1.807) is 13.2 Å². The lowest BCUT2D eigenvalue weighted by molar-refractivity contribution is 0.171. The topological polar surface area (TPSA) is 44.5 Å². The number of ether oxygens (including phenoxy) is 2. The predicted octanol–water partition coefficient (Wildman–Crippen LogP) is 2.52. The summed E-state index contributed by atoms with van der Waals surface area (Å²) in [5.41, 5.74) is 6.74. The van der Waals surface area contributed by atoms with Crippen LogP contribution in [-0.2, 0) is 11.2 Å². The normalized spacial score (nSPS) is 12.4. The van der Waals surface area contributed by atoms with Crippen molar-refractivity contribution in [3.8, 4) is 5.75 Å². The molecular formula is C14H22FNO2. The lowest BCUT2D eigenvalue weighted by atomic mass is 10.0. The molecule has 102 valence electrons. The molecule has 3 nitrogen and oxygen atoms in total. The molecule has 18 heavy (non-hydrogen) atoms. The molecule has 0 spiro atoms. The van der Waals surface area contributed by atoms with E-state index in [1.807, 2.05) is 6.92 Å². The van der Waals surface area contributed by atoms with Gasteiger partial charge in [0.2, 0.25) is 0 Å². The number of nitrogens with two attached hydrogens (primary N) is 1. The monoisotopic (exact) mass is 255 g/mol. The minimum absolute atomic E-state index is 0.0353. The van der Waals surface area contributed by atoms with E-state index in [0.717, 1.165) is 24.2 Å². The summed E-state index contributed by atoms with van der Waals surface area (Å²) < 4.78 is 23.8. The van der Waals surface area contributed by atoms with Gasteiger partial charge in [0.1, 0.15) is 11.6 Å². The zero-order valence-corrected chi connectivity index (χ0v) is 11.1. The summed E-state index contributed by atoms with van der Waals surface area (Å²) in [6.07, 6.45) is 2.31. The van der Waals surface area contributed by atoms with Gasteiger partial charge < -0.3 is 15.2 Å². The van der Waals surface area contributed by atoms with Gasteiger partial charge in [0, 0.05) is 26.2 Å². The highest BCUT2D eigenvalue weighted by molar-refractivity contribution is 5.34. The molecular weight excluding hydrogens is 233 g/mol. The van der Waals surface area contributed by atoms with Crippen LogP contribution >= 0.6 is 0 Å². The van der Waals surface area contributed by atoms with Gasteiger partial charge >= 0.3 is 0 Å². The van der Waals surface area contributed by atoms with Crippen molar-refractivity contribution in [3.05, 3.63) is 29.6 Å². The average molecular weight is 255 g/mol. The van der Waals surface area contributed by atoms with Crippen LogP contribution in [0.1, 0.15) is 25.3 Å². The van der Waals surface area contributed by atoms with Crippen LogP contribution in [0, 0.1) is 5.82 Å². The molecule has 1 aromatic rings. The summed E-state index contributed by atoms with van der Waals surface area (Å²) in [6.45, 7) is 3.24. The van der Waals surface area contributed by atoms with E-state index in [-0.39, 0.29) is 11.9 Å². The van der Waals surface area contributed by atoms with E-state index < -0.39 is 0 Å². The second-order valence-electron chi connectivity index (χ2n) is 4.32. The summed E-state index contributed by atoms with van der Waals surface area (Å²) in [5.74, 6) is 0.467. The first-order chi connectivity index (χ1) is 8.67. The lowest BCUT2D eigenvalue weighted by Gasteiger charge is -2.14. The van der Waals surface area contributed by atoms with Crippen LogP contribution in [-0.4, -0.2) is 26.4 Å². The number of hydrogen-bond donors (Lipinski definition) is 1. The standard InChI is InChI=1S/C14H22FNO2/c1-3-13(16)10-11-9-12(15)5-6-14(11)18-8-4-7-17-2/h5-6,9,13H,3-4,7-8,10,16H2,1-2H3. The van der Waals surface area contributed by atoms with Crippen LogP contribution in [0.4, 0.5) is 4.39 Å². The third-order valence-corrected chi connectivity index (χ3v) is 2.78. The van der Waals surface area contributed by atoms with Crippen molar-refractivity contribution in [2.24, 2.45) is 5.73 Å². The Hall–Kier alpha value is -1.13. The number of benzene rings is 1. The van der Waals surface area contributed by atoms with Crippen molar-refractivity contribution in [2.45, 2.75) is 32.2 Å². The first-order valence-corrected chi connectivity index (χ1v) is 6.33. The second-order valence-corrected chi connectivity index (χ2v) is 4.32. The van der Waals surface area contributed by atoms with Crippen LogP contribution < -0.4 is 10.5 Å². The SMILES string of the molecule is CCC(N)Cc1cc(F)ccc1OCCCOC. The van der Waals surface area contributed by atoms with Crippen molar-refractivity contribution in [1.29, 1.82) is 0 Å². The van der Waals surface area contributed by atoms with E-state index in [0.29, 0.717) is 19.6 Å². The maximum atomic E-state index is 13.2. The Kier molecular flexibility index (Phi) is 6.68. The molecule has 0 fully saturated rings. The Morgan fingerprint density at radius 2 is 2.11 bits per heavy atom. The zero-order chi connectivity index (χ0) is 13.4. The van der Waals surface area contributed by atoms with Gasteiger partial charge in [-0.2, -0.15) is 0 Å². The van der Waals surface area contributed by atoms with Crippen LogP contribution in [0.2, 0.25) is 0 Å². The fourth-order valence-corrected chi connectivity index (χ4v) is 1.66. The Morgan fingerprint density at radius 3 is 2.78 bits per heavy atom. The highest BCUT2D eigenvalue weighted by Gasteiger charge is 2.09. The van der Waals surface area contributed by atoms with Gasteiger partial charge in [-0.1, -0.05) is 6.92 Å². The molecule has 0 aliphatic carbocycles. The van der Waals surface area contributed by atoms with Crippen molar-refractivity contribution in [3.63, 3.8) is 0 Å². The van der Waals surface area contributed by atoms with Gasteiger partial charge in [0.25, 0.3) is 0 Å². The number of methoxy groups -OCH3 is 1. The van der Waals surface area contributed by atoms with Crippen LogP contribution in [0.25, 0.3) is 0 Å². The van der Waals surface area contributed by atoms with E-state index >= 15 is 0 Å². The lowest BCUT2D eigenvalue weighted by Crippen LogP contribution is -2.22. The number of halogens is 1. The number of rotatable bonds is 8. The number of hydrogen-bond acceptors (Lipinski definition) is 3. The van der Waals surface area contributed by atoms with E-state index in [9.17, 15) is 4.39 Å². The van der Waals surface area contributed by atoms with Gasteiger partial charge in [-0.25, -0.2) is 4.39 Å². The Bertz CT molecular complexity index is 358. The van der Waals surface area contributed by atoms with Gasteiger partial charge in [0.15, 0.2) is 0 Å². The fraction of sp³-hybridized carbons (Fsp3) is 0.571. The summed E-state index contributed by atoms with van der Waals surface area (Å²) in [4.78, 5) is 0. The largest absolute Gasteiger partial charge is 0.493 e. The summed E-state index contributed by atoms with van der Waals surface area (Å²) >= 11 is 0. The second kappa shape index (κ2) is 8.06. The molecule has 2 N–H and O–H groups in total. The van der Waals surface area contributed by atoms with Gasteiger partial charge in [0.05, 0.1) is 6.61 Å². The third-order valence-electron chi connectivity index (χ3n) is 2.78. The maximum absolute atomic E-state index is 13.2. The Balaban J connectivity index is 2.64. The summed E-state index contributed by atoms with van der Waals surface area (Å²) in [6, 6.07) is 4.61. The molecule has 1 unspecified atom stereocenters. The predicted molar refractivity (Wildman–Crippen MR) is 70.4 cm³/mol. The maximum Gasteiger partial charge on any atom is 0.123 e. The molecule has 0 aliphatic heterocycles. The Morgan fingerprint density at radius 1 is 1.33 bits per heavy atom. The molecule has 0 heterocycles. The third kappa shape index (κ3) is 5.02. The van der Waals surface area contributed by atoms with Gasteiger partial charge in [-0.15, -0.1) is 0 Å². The van der Waals surface area contributed by atoms with E-state index in [4.69, 9.17) is 15.2 Å². The van der Waals surface area contributed by atoms with Gasteiger partial charge in [-0.3, -0.25) is 0 Å². The van der Waals surface area contributed by atoms with Crippen molar-refractivity contribution < 1.29 is 13.9 Å². The van der Waals surface area contributed by atoms with Crippen LogP contribution in [0.5, 0.6) is 5.75 Å². The zero-order valence-electron chi connectivity index (χ0n) is 11.1. The molecule has 0 saturated heterocycles. The first-order valence-electron chi connectivity index (χ1n) is 6.33. The molecule has 0 aliphatic rings. The van der Waals surface area contributed by atoms with Crippen LogP contribution in [0.15, 0.2) is 18.2 Å². The fourth-order valence-electron chi connectivity index (χ4n) is 1.66. The molecule has 0 amide bonds. The molecule has 0 bridgehead atoms. The summed E-state index contributed by atoms with van der Waals surface area (Å²) in [7, 11) is 1.66. The minimum atomic E-state index is -0.252. The molecule has 1 atom stereocenters. The highest BCUT2D eigenvalue weighted by Crippen LogP contribution is 2.21. The molecule has 4 heteroatoms. The molecule has 0 saturated carbocycles.